The van der Waals surface area contributed by atoms with Crippen LogP contribution < -0.4 is 20.7 Å². The summed E-state index contributed by atoms with van der Waals surface area (Å²) in [6.45, 7) is 17.6. The average molecular weight is 896 g/mol. The minimum Gasteiger partial charge on any atom is -0.489 e. The average Bonchev–Trinajstić information content (AvgIpc) is 3.85. The van der Waals surface area contributed by atoms with Gasteiger partial charge in [0.25, 0.3) is 5.91 Å². The van der Waals surface area contributed by atoms with Crippen LogP contribution in [0.3, 0.4) is 0 Å². The van der Waals surface area contributed by atoms with Gasteiger partial charge in [-0.3, -0.25) is 19.2 Å². The number of nitriles is 1. The molecule has 12 nitrogen and oxygen atoms in total. The summed E-state index contributed by atoms with van der Waals surface area (Å²) >= 11 is 7.82. The Morgan fingerprint density at radius 2 is 1.68 bits per heavy atom. The van der Waals surface area contributed by atoms with Crippen LogP contribution in [-0.4, -0.2) is 75.5 Å². The smallest absolute Gasteiger partial charge is 0.251 e. The molecule has 1 saturated heterocycles. The largest absolute Gasteiger partial charge is 0.489 e. The molecule has 0 spiro atoms. The Morgan fingerprint density at radius 1 is 1.02 bits per heavy atom. The number of hydrogen-bond donors (Lipinski definition) is 4. The zero-order chi connectivity index (χ0) is 46.0. The number of thiazole rings is 1. The molecule has 1 saturated carbocycles. The van der Waals surface area contributed by atoms with Gasteiger partial charge in [-0.1, -0.05) is 96.5 Å². The fourth-order valence-corrected chi connectivity index (χ4v) is 10.4. The number of hydrogen-bond acceptors (Lipinski definition) is 9. The van der Waals surface area contributed by atoms with E-state index in [4.69, 9.17) is 16.3 Å². The second kappa shape index (κ2) is 18.8. The van der Waals surface area contributed by atoms with E-state index in [2.05, 4.69) is 54.7 Å². The number of ether oxygens (including phenoxy) is 1. The van der Waals surface area contributed by atoms with Crippen LogP contribution in [0.2, 0.25) is 5.02 Å². The molecule has 14 heteroatoms. The molecule has 4 amide bonds. The Kier molecular flexibility index (Phi) is 14.1. The Morgan fingerprint density at radius 3 is 2.27 bits per heavy atom. The fourth-order valence-electron chi connectivity index (χ4n) is 9.33. The van der Waals surface area contributed by atoms with Gasteiger partial charge in [0.05, 0.1) is 38.8 Å². The van der Waals surface area contributed by atoms with Crippen LogP contribution in [0.1, 0.15) is 113 Å². The number of aromatic nitrogens is 1. The van der Waals surface area contributed by atoms with Crippen molar-refractivity contribution >= 4 is 46.6 Å². The molecule has 63 heavy (non-hydrogen) atoms. The number of nitrogens with zero attached hydrogens (tertiary/aromatic N) is 3. The summed E-state index contributed by atoms with van der Waals surface area (Å²) in [4.78, 5) is 61.5. The fraction of sp³-hybridized carbons (Fsp3) is 0.469. The van der Waals surface area contributed by atoms with E-state index in [0.717, 1.165) is 27.3 Å². The number of aliphatic hydroxyl groups excluding tert-OH is 1. The number of amides is 4. The van der Waals surface area contributed by atoms with Gasteiger partial charge in [0.1, 0.15) is 30.0 Å². The van der Waals surface area contributed by atoms with Crippen LogP contribution >= 0.6 is 22.9 Å². The number of nitrogens with one attached hydrogen (secondary N) is 3. The molecule has 3 aromatic carbocycles. The van der Waals surface area contributed by atoms with Crippen LogP contribution in [0.25, 0.3) is 10.4 Å². The standard InChI is InChI=1S/C49H59ClN6O6S/c1-28(31-17-19-32(20-18-31)40-29(2)52-27-63-40)53-43(60)38-23-35(57)26-56(38)44(61)41(47(3,4)5)54-39(58)12-10-11-30-13-15-33(16-14-30)42(59)55-45-48(6,7)46(49(45,8)9)62-36-22-21-34(25-51)37(50)24-36/h13-22,24,27-28,35,38,41,45-46,57H,10-12,23,26H2,1-9H3,(H,53,60)(H,54,58)(H,55,59)/t28-,35+,38-,41?,45?,46?/m0/s1. The van der Waals surface area contributed by atoms with E-state index in [-0.39, 0.29) is 55.3 Å². The van der Waals surface area contributed by atoms with E-state index < -0.39 is 40.3 Å². The first-order valence-electron chi connectivity index (χ1n) is 21.5. The minimum atomic E-state index is -0.925. The number of likely N-dealkylation sites (tertiary alicyclic amines) is 1. The molecule has 4 N–H and O–H groups in total. The normalized spacial score (nSPS) is 21.0. The van der Waals surface area contributed by atoms with E-state index in [1.54, 1.807) is 41.7 Å². The van der Waals surface area contributed by atoms with Crippen molar-refractivity contribution in [1.82, 2.24) is 25.8 Å². The van der Waals surface area contributed by atoms with Crippen LogP contribution in [0, 0.1) is 34.5 Å². The van der Waals surface area contributed by atoms with Gasteiger partial charge in [0, 0.05) is 47.9 Å². The molecule has 1 unspecified atom stereocenters. The summed E-state index contributed by atoms with van der Waals surface area (Å²) in [5.74, 6) is -0.696. The quantitative estimate of drug-likeness (QED) is 0.0988. The second-order valence-electron chi connectivity index (χ2n) is 19.2. The molecular weight excluding hydrogens is 836 g/mol. The number of β-amino-alcohol motifs (C(OH)–C–C–N with tert-alkyl or cyclic N) is 1. The molecule has 1 aliphatic heterocycles. The van der Waals surface area contributed by atoms with E-state index in [0.29, 0.717) is 34.7 Å². The molecular formula is C49H59ClN6O6S. The lowest BCUT2D eigenvalue weighted by Crippen LogP contribution is -2.74. The van der Waals surface area contributed by atoms with Crippen molar-refractivity contribution in [3.05, 3.63) is 105 Å². The highest BCUT2D eigenvalue weighted by molar-refractivity contribution is 7.13. The summed E-state index contributed by atoms with van der Waals surface area (Å²) in [6, 6.07) is 20.0. The number of aliphatic hydroxyl groups is 1. The maximum absolute atomic E-state index is 14.1. The van der Waals surface area contributed by atoms with E-state index in [1.165, 1.54) is 4.90 Å². The maximum Gasteiger partial charge on any atom is 0.251 e. The molecule has 2 heterocycles. The molecule has 1 aromatic heterocycles. The monoisotopic (exact) mass is 894 g/mol. The van der Waals surface area contributed by atoms with Gasteiger partial charge >= 0.3 is 0 Å². The Hall–Kier alpha value is -5.29. The second-order valence-corrected chi connectivity index (χ2v) is 20.5. The Labute approximate surface area is 379 Å². The molecule has 1 aliphatic carbocycles. The SMILES string of the molecule is Cc1ncsc1-c1ccc([C@H](C)NC(=O)[C@@H]2C[C@@H](O)CN2C(=O)C(NC(=O)CCCc2ccc(C(=O)NC3C(C)(C)C(Oc4ccc(C#N)c(Cl)c4)C3(C)C)cc2)C(C)(C)C)cc1. The first-order valence-corrected chi connectivity index (χ1v) is 22.7. The zero-order valence-corrected chi connectivity index (χ0v) is 39.1. The highest BCUT2D eigenvalue weighted by Gasteiger charge is 2.64. The first-order chi connectivity index (χ1) is 29.6. The van der Waals surface area contributed by atoms with Gasteiger partial charge in [-0.05, 0) is 73.1 Å². The zero-order valence-electron chi connectivity index (χ0n) is 37.5. The van der Waals surface area contributed by atoms with Crippen molar-refractivity contribution in [2.24, 2.45) is 16.2 Å². The summed E-state index contributed by atoms with van der Waals surface area (Å²) in [6.07, 6.45) is 0.252. The number of benzene rings is 3. The predicted molar refractivity (Wildman–Crippen MR) is 245 cm³/mol. The van der Waals surface area contributed by atoms with Gasteiger partial charge in [-0.15, -0.1) is 11.3 Å². The lowest BCUT2D eigenvalue weighted by atomic mass is 9.49. The highest BCUT2D eigenvalue weighted by Crippen LogP contribution is 2.55. The van der Waals surface area contributed by atoms with Gasteiger partial charge in [0.15, 0.2) is 0 Å². The number of carbonyl (C=O) groups is 4. The number of halogens is 1. The van der Waals surface area contributed by atoms with Crippen LogP contribution in [-0.2, 0) is 20.8 Å². The molecule has 4 aromatic rings. The number of carbonyl (C=O) groups excluding carboxylic acids is 4. The van der Waals surface area contributed by atoms with Gasteiger partial charge < -0.3 is 30.7 Å². The molecule has 0 radical (unpaired) electrons. The molecule has 2 fully saturated rings. The summed E-state index contributed by atoms with van der Waals surface area (Å²) in [7, 11) is 0. The van der Waals surface area contributed by atoms with Crippen molar-refractivity contribution in [3.63, 3.8) is 0 Å². The van der Waals surface area contributed by atoms with Gasteiger partial charge in [-0.25, -0.2) is 4.98 Å². The van der Waals surface area contributed by atoms with Crippen molar-refractivity contribution in [2.75, 3.05) is 6.54 Å². The van der Waals surface area contributed by atoms with E-state index in [9.17, 15) is 29.5 Å². The Balaban J connectivity index is 0.994. The van der Waals surface area contributed by atoms with E-state index in [1.807, 2.05) is 76.5 Å². The van der Waals surface area contributed by atoms with Crippen LogP contribution in [0.4, 0.5) is 0 Å². The van der Waals surface area contributed by atoms with Crippen molar-refractivity contribution in [2.45, 2.75) is 124 Å². The topological polar surface area (TPSA) is 174 Å². The van der Waals surface area contributed by atoms with Gasteiger partial charge in [0.2, 0.25) is 17.7 Å². The third kappa shape index (κ3) is 10.4. The van der Waals surface area contributed by atoms with Crippen molar-refractivity contribution < 1.29 is 29.0 Å². The molecule has 6 rings (SSSR count). The summed E-state index contributed by atoms with van der Waals surface area (Å²) < 4.78 is 6.36. The van der Waals surface area contributed by atoms with Crippen LogP contribution in [0.15, 0.2) is 72.2 Å². The predicted octanol–water partition coefficient (Wildman–Crippen LogP) is 7.95. The molecule has 334 valence electrons. The van der Waals surface area contributed by atoms with Crippen LogP contribution in [0.5, 0.6) is 5.75 Å². The minimum absolute atomic E-state index is 0.00855. The lowest BCUT2D eigenvalue weighted by Gasteiger charge is -2.63. The lowest BCUT2D eigenvalue weighted by molar-refractivity contribution is -0.164. The molecule has 2 aliphatic rings. The summed E-state index contributed by atoms with van der Waals surface area (Å²) in [5.41, 5.74) is 5.09. The molecule has 0 bridgehead atoms. The first kappa shape index (κ1) is 47.2. The van der Waals surface area contributed by atoms with E-state index >= 15 is 0 Å². The third-order valence-corrected chi connectivity index (χ3v) is 13.9. The third-order valence-electron chi connectivity index (χ3n) is 12.6. The number of aryl methyl sites for hydroxylation is 2. The Bertz CT molecular complexity index is 2350. The highest BCUT2D eigenvalue weighted by atomic mass is 35.5. The van der Waals surface area contributed by atoms with Crippen molar-refractivity contribution in [3.8, 4) is 22.3 Å². The van der Waals surface area contributed by atoms with Crippen molar-refractivity contribution in [1.29, 1.82) is 5.26 Å². The molecule has 4 atom stereocenters. The maximum atomic E-state index is 14.1. The summed E-state index contributed by atoms with van der Waals surface area (Å²) in [5, 5.41) is 29.4. The van der Waals surface area contributed by atoms with Gasteiger partial charge in [-0.2, -0.15) is 5.26 Å². The number of rotatable bonds is 14.